The number of piperidine rings is 1. The standard InChI is InChI=1S/C20H30N2O3/c1-15(23)17-7-5-11-22(14-17)20(24)21-13-16-6-4-10-19(12-16)25-18-8-2-3-9-18/h4,6,10,12,15,17-18,23H,2-3,5,7-9,11,13-14H2,1H3,(H,21,24). The van der Waals surface area contributed by atoms with Crippen molar-refractivity contribution in [3.63, 3.8) is 0 Å². The summed E-state index contributed by atoms with van der Waals surface area (Å²) in [4.78, 5) is 14.2. The molecular weight excluding hydrogens is 316 g/mol. The number of urea groups is 1. The fourth-order valence-electron chi connectivity index (χ4n) is 3.81. The second kappa shape index (κ2) is 8.56. The van der Waals surface area contributed by atoms with Gasteiger partial charge in [-0.05, 0) is 63.1 Å². The average molecular weight is 346 g/mol. The minimum atomic E-state index is -0.361. The topological polar surface area (TPSA) is 61.8 Å². The molecule has 2 unspecified atom stereocenters. The van der Waals surface area contributed by atoms with Crippen molar-refractivity contribution in [2.75, 3.05) is 13.1 Å². The maximum atomic E-state index is 12.4. The second-order valence-corrected chi connectivity index (χ2v) is 7.42. The number of benzene rings is 1. The third-order valence-corrected chi connectivity index (χ3v) is 5.37. The zero-order valence-electron chi connectivity index (χ0n) is 15.1. The number of aliphatic hydroxyl groups excluding tert-OH is 1. The lowest BCUT2D eigenvalue weighted by Crippen LogP contribution is -2.47. The average Bonchev–Trinajstić information content (AvgIpc) is 3.13. The van der Waals surface area contributed by atoms with Crippen LogP contribution < -0.4 is 10.1 Å². The number of nitrogens with zero attached hydrogens (tertiary/aromatic N) is 1. The summed E-state index contributed by atoms with van der Waals surface area (Å²) in [5.41, 5.74) is 1.05. The first-order valence-electron chi connectivity index (χ1n) is 9.58. The zero-order valence-corrected chi connectivity index (χ0v) is 15.1. The summed E-state index contributed by atoms with van der Waals surface area (Å²) in [6.07, 6.45) is 6.71. The van der Waals surface area contributed by atoms with Gasteiger partial charge >= 0.3 is 6.03 Å². The van der Waals surface area contributed by atoms with Gasteiger partial charge in [-0.15, -0.1) is 0 Å². The molecule has 3 rings (SSSR count). The molecule has 0 bridgehead atoms. The van der Waals surface area contributed by atoms with Gasteiger partial charge in [0.25, 0.3) is 0 Å². The van der Waals surface area contributed by atoms with Crippen molar-refractivity contribution in [1.82, 2.24) is 10.2 Å². The number of ether oxygens (including phenoxy) is 1. The molecule has 5 nitrogen and oxygen atoms in total. The van der Waals surface area contributed by atoms with E-state index in [1.165, 1.54) is 12.8 Å². The molecule has 2 N–H and O–H groups in total. The van der Waals surface area contributed by atoms with Crippen molar-refractivity contribution in [2.24, 2.45) is 5.92 Å². The second-order valence-electron chi connectivity index (χ2n) is 7.42. The molecule has 1 heterocycles. The fraction of sp³-hybridized carbons (Fsp3) is 0.650. The van der Waals surface area contributed by atoms with Gasteiger partial charge in [-0.3, -0.25) is 0 Å². The summed E-state index contributed by atoms with van der Waals surface area (Å²) in [6, 6.07) is 7.95. The normalized spacial score (nSPS) is 22.6. The maximum absolute atomic E-state index is 12.4. The Labute approximate surface area is 150 Å². The molecule has 1 aromatic rings. The molecule has 5 heteroatoms. The molecule has 2 aliphatic rings. The number of aliphatic hydroxyl groups is 1. The monoisotopic (exact) mass is 346 g/mol. The first kappa shape index (κ1) is 18.1. The highest BCUT2D eigenvalue weighted by atomic mass is 16.5. The quantitative estimate of drug-likeness (QED) is 0.860. The molecule has 25 heavy (non-hydrogen) atoms. The number of hydrogen-bond donors (Lipinski definition) is 2. The third kappa shape index (κ3) is 5.11. The summed E-state index contributed by atoms with van der Waals surface area (Å²) in [5.74, 6) is 1.08. The van der Waals surface area contributed by atoms with Crippen LogP contribution in [0.4, 0.5) is 4.79 Å². The van der Waals surface area contributed by atoms with Crippen LogP contribution >= 0.6 is 0 Å². The highest BCUT2D eigenvalue weighted by molar-refractivity contribution is 5.74. The molecule has 2 fully saturated rings. The Balaban J connectivity index is 1.49. The van der Waals surface area contributed by atoms with E-state index in [-0.39, 0.29) is 18.1 Å². The number of nitrogens with one attached hydrogen (secondary N) is 1. The number of amides is 2. The highest BCUT2D eigenvalue weighted by Gasteiger charge is 2.26. The summed E-state index contributed by atoms with van der Waals surface area (Å²) in [5, 5.41) is 12.8. The lowest BCUT2D eigenvalue weighted by molar-refractivity contribution is 0.0738. The van der Waals surface area contributed by atoms with Gasteiger partial charge < -0.3 is 20.1 Å². The van der Waals surface area contributed by atoms with E-state index in [1.54, 1.807) is 0 Å². The minimum Gasteiger partial charge on any atom is -0.490 e. The molecule has 2 amide bonds. The van der Waals surface area contributed by atoms with Gasteiger partial charge in [-0.1, -0.05) is 12.1 Å². The van der Waals surface area contributed by atoms with Crippen molar-refractivity contribution < 1.29 is 14.6 Å². The van der Waals surface area contributed by atoms with Crippen molar-refractivity contribution in [1.29, 1.82) is 0 Å². The van der Waals surface area contributed by atoms with Crippen LogP contribution in [0.1, 0.15) is 51.0 Å². The molecule has 0 spiro atoms. The number of likely N-dealkylation sites (tertiary alicyclic amines) is 1. The van der Waals surface area contributed by atoms with E-state index in [4.69, 9.17) is 4.74 Å². The van der Waals surface area contributed by atoms with E-state index in [9.17, 15) is 9.90 Å². The summed E-state index contributed by atoms with van der Waals surface area (Å²) < 4.78 is 6.03. The van der Waals surface area contributed by atoms with E-state index in [0.29, 0.717) is 19.2 Å². The van der Waals surface area contributed by atoms with Gasteiger partial charge in [-0.2, -0.15) is 0 Å². The first-order valence-corrected chi connectivity index (χ1v) is 9.58. The highest BCUT2D eigenvalue weighted by Crippen LogP contribution is 2.24. The Morgan fingerprint density at radius 2 is 2.12 bits per heavy atom. The van der Waals surface area contributed by atoms with Crippen molar-refractivity contribution in [2.45, 2.75) is 64.2 Å². The van der Waals surface area contributed by atoms with E-state index in [0.717, 1.165) is 43.5 Å². The minimum absolute atomic E-state index is 0.0486. The van der Waals surface area contributed by atoms with Gasteiger partial charge in [0.05, 0.1) is 12.2 Å². The fourth-order valence-corrected chi connectivity index (χ4v) is 3.81. The summed E-state index contributed by atoms with van der Waals surface area (Å²) >= 11 is 0. The van der Waals surface area contributed by atoms with Crippen LogP contribution in [0.15, 0.2) is 24.3 Å². The van der Waals surface area contributed by atoms with E-state index >= 15 is 0 Å². The van der Waals surface area contributed by atoms with Crippen molar-refractivity contribution in [3.8, 4) is 5.75 Å². The molecule has 1 aromatic carbocycles. The number of rotatable bonds is 5. The van der Waals surface area contributed by atoms with Crippen LogP contribution in [-0.4, -0.2) is 41.3 Å². The molecule has 1 aliphatic heterocycles. The zero-order chi connectivity index (χ0) is 17.6. The lowest BCUT2D eigenvalue weighted by atomic mass is 9.94. The molecule has 1 saturated heterocycles. The van der Waals surface area contributed by atoms with Crippen LogP contribution in [0, 0.1) is 5.92 Å². The Morgan fingerprint density at radius 1 is 1.32 bits per heavy atom. The molecular formula is C20H30N2O3. The van der Waals surface area contributed by atoms with E-state index in [1.807, 2.05) is 36.1 Å². The van der Waals surface area contributed by atoms with Crippen LogP contribution in [0.25, 0.3) is 0 Å². The molecule has 138 valence electrons. The number of carbonyl (C=O) groups is 1. The molecule has 0 radical (unpaired) electrons. The van der Waals surface area contributed by atoms with Gasteiger partial charge in [0, 0.05) is 25.6 Å². The van der Waals surface area contributed by atoms with Crippen molar-refractivity contribution in [3.05, 3.63) is 29.8 Å². The SMILES string of the molecule is CC(O)C1CCCN(C(=O)NCc2cccc(OC3CCCC3)c2)C1. The van der Waals surface area contributed by atoms with Gasteiger partial charge in [-0.25, -0.2) is 4.79 Å². The Morgan fingerprint density at radius 3 is 2.88 bits per heavy atom. The van der Waals surface area contributed by atoms with Crippen LogP contribution in [0.2, 0.25) is 0 Å². The predicted octanol–water partition coefficient (Wildman–Crippen LogP) is 3.31. The van der Waals surface area contributed by atoms with Crippen LogP contribution in [0.3, 0.4) is 0 Å². The van der Waals surface area contributed by atoms with Crippen molar-refractivity contribution >= 4 is 6.03 Å². The smallest absolute Gasteiger partial charge is 0.317 e. The van der Waals surface area contributed by atoms with Gasteiger partial charge in [0.15, 0.2) is 0 Å². The predicted molar refractivity (Wildman–Crippen MR) is 97.5 cm³/mol. The Bertz CT molecular complexity index is 570. The van der Waals surface area contributed by atoms with Crippen LogP contribution in [0.5, 0.6) is 5.75 Å². The molecule has 2 atom stereocenters. The number of carbonyl (C=O) groups excluding carboxylic acids is 1. The number of hydrogen-bond acceptors (Lipinski definition) is 3. The van der Waals surface area contributed by atoms with Crippen LogP contribution in [-0.2, 0) is 6.54 Å². The van der Waals surface area contributed by atoms with E-state index < -0.39 is 0 Å². The Kier molecular flexibility index (Phi) is 6.19. The summed E-state index contributed by atoms with van der Waals surface area (Å²) in [7, 11) is 0. The molecule has 1 saturated carbocycles. The lowest BCUT2D eigenvalue weighted by Gasteiger charge is -2.34. The van der Waals surface area contributed by atoms with Gasteiger partial charge in [0.2, 0.25) is 0 Å². The molecule has 0 aromatic heterocycles. The van der Waals surface area contributed by atoms with Gasteiger partial charge in [0.1, 0.15) is 5.75 Å². The Hall–Kier alpha value is -1.75. The van der Waals surface area contributed by atoms with E-state index in [2.05, 4.69) is 5.32 Å². The largest absolute Gasteiger partial charge is 0.490 e. The summed E-state index contributed by atoms with van der Waals surface area (Å²) in [6.45, 7) is 3.70. The third-order valence-electron chi connectivity index (χ3n) is 5.37. The maximum Gasteiger partial charge on any atom is 0.317 e. The first-order chi connectivity index (χ1) is 12.1. The molecule has 1 aliphatic carbocycles.